The maximum Gasteiger partial charge on any atom is 0.119 e. The number of aliphatic hydroxyl groups excluding tert-OH is 2. The molecule has 7 heteroatoms. The second-order valence-corrected chi connectivity index (χ2v) is 10.4. The Labute approximate surface area is 212 Å². The molecule has 0 aliphatic carbocycles. The van der Waals surface area contributed by atoms with Crippen molar-refractivity contribution in [2.75, 3.05) is 46.2 Å². The summed E-state index contributed by atoms with van der Waals surface area (Å²) in [6.45, 7) is 3.13. The van der Waals surface area contributed by atoms with Crippen LogP contribution in [0.15, 0.2) is 59.6 Å². The molecule has 0 saturated carbocycles. The molecule has 1 aromatic heterocycles. The van der Waals surface area contributed by atoms with Gasteiger partial charge in [0.1, 0.15) is 11.5 Å². The van der Waals surface area contributed by atoms with Crippen LogP contribution in [0.1, 0.15) is 30.9 Å². The van der Waals surface area contributed by atoms with E-state index in [9.17, 15) is 10.2 Å². The zero-order valence-electron chi connectivity index (χ0n) is 20.6. The number of fused-ring (bicyclic) bond motifs is 1. The summed E-state index contributed by atoms with van der Waals surface area (Å²) in [5, 5.41) is 22.1. The first-order chi connectivity index (χ1) is 17.1. The number of hydrogen-bond acceptors (Lipinski definition) is 7. The highest BCUT2D eigenvalue weighted by Crippen LogP contribution is 2.33. The van der Waals surface area contributed by atoms with Gasteiger partial charge in [0, 0.05) is 41.9 Å². The van der Waals surface area contributed by atoms with Crippen molar-refractivity contribution in [1.29, 1.82) is 0 Å². The third-order valence-electron chi connectivity index (χ3n) is 7.08. The Kier molecular flexibility index (Phi) is 9.26. The van der Waals surface area contributed by atoms with Gasteiger partial charge in [-0.25, -0.2) is 0 Å². The molecule has 2 N–H and O–H groups in total. The molecule has 3 aromatic rings. The molecule has 0 amide bonds. The number of rotatable bonds is 11. The van der Waals surface area contributed by atoms with Gasteiger partial charge in [-0.3, -0.25) is 4.98 Å². The van der Waals surface area contributed by atoms with E-state index >= 15 is 0 Å². The van der Waals surface area contributed by atoms with Crippen molar-refractivity contribution >= 4 is 22.7 Å². The number of thioether (sulfide) groups is 1. The second kappa shape index (κ2) is 12.6. The maximum absolute atomic E-state index is 11.0. The van der Waals surface area contributed by atoms with Crippen LogP contribution in [0.4, 0.5) is 0 Å². The molecule has 0 bridgehead atoms. The quantitative estimate of drug-likeness (QED) is 0.370. The summed E-state index contributed by atoms with van der Waals surface area (Å²) in [7, 11) is 3.34. The standard InChI is InChI=1S/C28H36N2O4S/c1-33-22-4-3-5-24(16-22)35-15-14-30-13-11-20(21(18-30)19-31)6-9-28(32)25-10-12-29-27-8-7-23(34-2)17-26(25)27/h3-5,7-8,10,12,16-17,20-21,28,31-32H,6,9,11,13-15,18-19H2,1-2H3/t20-,21-,28+/m1/s1. The van der Waals surface area contributed by atoms with E-state index in [4.69, 9.17) is 9.47 Å². The van der Waals surface area contributed by atoms with E-state index in [-0.39, 0.29) is 12.5 Å². The first kappa shape index (κ1) is 25.8. The summed E-state index contributed by atoms with van der Waals surface area (Å²) in [6, 6.07) is 15.8. The molecule has 2 aromatic carbocycles. The van der Waals surface area contributed by atoms with E-state index in [1.54, 1.807) is 20.4 Å². The molecule has 188 valence electrons. The summed E-state index contributed by atoms with van der Waals surface area (Å²) < 4.78 is 10.7. The van der Waals surface area contributed by atoms with Crippen LogP contribution in [-0.4, -0.2) is 66.3 Å². The topological polar surface area (TPSA) is 75.1 Å². The van der Waals surface area contributed by atoms with Crippen molar-refractivity contribution in [3.8, 4) is 11.5 Å². The molecule has 0 radical (unpaired) electrons. The summed E-state index contributed by atoms with van der Waals surface area (Å²) in [4.78, 5) is 8.10. The van der Waals surface area contributed by atoms with Crippen LogP contribution in [0.5, 0.6) is 11.5 Å². The van der Waals surface area contributed by atoms with Crippen LogP contribution in [0.25, 0.3) is 10.9 Å². The zero-order chi connectivity index (χ0) is 24.6. The fourth-order valence-electron chi connectivity index (χ4n) is 5.02. The highest BCUT2D eigenvalue weighted by molar-refractivity contribution is 7.99. The van der Waals surface area contributed by atoms with Crippen LogP contribution in [0.3, 0.4) is 0 Å². The van der Waals surface area contributed by atoms with Crippen LogP contribution in [-0.2, 0) is 0 Å². The van der Waals surface area contributed by atoms with Crippen LogP contribution in [0, 0.1) is 11.8 Å². The number of hydrogen-bond donors (Lipinski definition) is 2. The molecule has 0 unspecified atom stereocenters. The predicted octanol–water partition coefficient (Wildman–Crippen LogP) is 4.79. The van der Waals surface area contributed by atoms with Crippen molar-refractivity contribution in [1.82, 2.24) is 9.88 Å². The lowest BCUT2D eigenvalue weighted by molar-refractivity contribution is 0.0608. The number of benzene rings is 2. The molecule has 1 fully saturated rings. The average Bonchev–Trinajstić information content (AvgIpc) is 2.91. The number of ether oxygens (including phenoxy) is 2. The molecule has 3 atom stereocenters. The van der Waals surface area contributed by atoms with Crippen molar-refractivity contribution < 1.29 is 19.7 Å². The molecule has 1 aliphatic rings. The van der Waals surface area contributed by atoms with Gasteiger partial charge in [-0.2, -0.15) is 0 Å². The highest BCUT2D eigenvalue weighted by Gasteiger charge is 2.29. The van der Waals surface area contributed by atoms with Gasteiger partial charge >= 0.3 is 0 Å². The van der Waals surface area contributed by atoms with E-state index < -0.39 is 6.10 Å². The molecule has 1 aliphatic heterocycles. The number of likely N-dealkylation sites (tertiary alicyclic amines) is 1. The van der Waals surface area contributed by atoms with E-state index in [1.807, 2.05) is 48.2 Å². The van der Waals surface area contributed by atoms with Crippen LogP contribution < -0.4 is 9.47 Å². The summed E-state index contributed by atoms with van der Waals surface area (Å²) in [6.07, 6.45) is 3.80. The van der Waals surface area contributed by atoms with Gasteiger partial charge in [0.15, 0.2) is 0 Å². The summed E-state index contributed by atoms with van der Waals surface area (Å²) in [5.41, 5.74) is 1.75. The van der Waals surface area contributed by atoms with Crippen molar-refractivity contribution in [3.05, 3.63) is 60.3 Å². The Morgan fingerprint density at radius 1 is 1.09 bits per heavy atom. The lowest BCUT2D eigenvalue weighted by Crippen LogP contribution is -2.43. The number of pyridine rings is 1. The molecule has 2 heterocycles. The molecule has 6 nitrogen and oxygen atoms in total. The van der Waals surface area contributed by atoms with Gasteiger partial charge in [-0.15, -0.1) is 11.8 Å². The fraction of sp³-hybridized carbons (Fsp3) is 0.464. The summed E-state index contributed by atoms with van der Waals surface area (Å²) >= 11 is 1.84. The lowest BCUT2D eigenvalue weighted by atomic mass is 9.81. The van der Waals surface area contributed by atoms with Gasteiger partial charge in [-0.05, 0) is 85.7 Å². The first-order valence-electron chi connectivity index (χ1n) is 12.3. The van der Waals surface area contributed by atoms with E-state index in [0.29, 0.717) is 12.3 Å². The van der Waals surface area contributed by atoms with E-state index in [0.717, 1.165) is 66.2 Å². The smallest absolute Gasteiger partial charge is 0.119 e. The molecule has 4 rings (SSSR count). The van der Waals surface area contributed by atoms with Gasteiger partial charge < -0.3 is 24.6 Å². The van der Waals surface area contributed by atoms with E-state index in [1.165, 1.54) is 4.90 Å². The van der Waals surface area contributed by atoms with Gasteiger partial charge in [0.05, 0.1) is 25.8 Å². The van der Waals surface area contributed by atoms with Crippen molar-refractivity contribution in [2.24, 2.45) is 11.8 Å². The largest absolute Gasteiger partial charge is 0.497 e. The normalized spacial score (nSPS) is 19.5. The third kappa shape index (κ3) is 6.67. The zero-order valence-corrected chi connectivity index (χ0v) is 21.4. The van der Waals surface area contributed by atoms with Crippen LogP contribution in [0.2, 0.25) is 0 Å². The Morgan fingerprint density at radius 3 is 2.71 bits per heavy atom. The fourth-order valence-corrected chi connectivity index (χ4v) is 5.98. The number of aliphatic hydroxyl groups is 2. The minimum atomic E-state index is -0.566. The van der Waals surface area contributed by atoms with Crippen molar-refractivity contribution in [2.45, 2.75) is 30.3 Å². The van der Waals surface area contributed by atoms with Gasteiger partial charge in [-0.1, -0.05) is 6.07 Å². The average molecular weight is 497 g/mol. The minimum Gasteiger partial charge on any atom is -0.497 e. The highest BCUT2D eigenvalue weighted by atomic mass is 32.2. The second-order valence-electron chi connectivity index (χ2n) is 9.20. The van der Waals surface area contributed by atoms with Crippen LogP contribution >= 0.6 is 11.8 Å². The van der Waals surface area contributed by atoms with E-state index in [2.05, 4.69) is 22.0 Å². The summed E-state index contributed by atoms with van der Waals surface area (Å²) in [5.74, 6) is 3.31. The lowest BCUT2D eigenvalue weighted by Gasteiger charge is -2.38. The van der Waals surface area contributed by atoms with Gasteiger partial charge in [0.25, 0.3) is 0 Å². The number of methoxy groups -OCH3 is 2. The molecule has 35 heavy (non-hydrogen) atoms. The minimum absolute atomic E-state index is 0.190. The third-order valence-corrected chi connectivity index (χ3v) is 8.05. The number of piperidine rings is 1. The Morgan fingerprint density at radius 2 is 1.91 bits per heavy atom. The van der Waals surface area contributed by atoms with Crippen molar-refractivity contribution in [3.63, 3.8) is 0 Å². The monoisotopic (exact) mass is 496 g/mol. The Bertz CT molecular complexity index is 1100. The predicted molar refractivity (Wildman–Crippen MR) is 141 cm³/mol. The number of nitrogens with zero attached hydrogens (tertiary/aromatic N) is 2. The molecular weight excluding hydrogens is 460 g/mol. The molecule has 1 saturated heterocycles. The maximum atomic E-state index is 11.0. The van der Waals surface area contributed by atoms with Gasteiger partial charge in [0.2, 0.25) is 0 Å². The molecule has 0 spiro atoms. The first-order valence-corrected chi connectivity index (χ1v) is 13.3. The molecular formula is C28H36N2O4S. The SMILES string of the molecule is COc1cccc(SCCN2CC[C@@H](CC[C@H](O)c3ccnc4ccc(OC)cc34)[C@@H](CO)C2)c1. The Balaban J connectivity index is 1.28. The number of aromatic nitrogens is 1. The Hall–Kier alpha value is -2.32.